The summed E-state index contributed by atoms with van der Waals surface area (Å²) in [6, 6.07) is 4.95. The Morgan fingerprint density at radius 2 is 1.86 bits per heavy atom. The number of carbonyl (C=O) groups excluding carboxylic acids is 1. The molecule has 0 bridgehead atoms. The van der Waals surface area contributed by atoms with Crippen molar-refractivity contribution < 1.29 is 18.0 Å². The zero-order valence-electron chi connectivity index (χ0n) is 10.5. The maximum atomic E-state index is 12.7. The maximum Gasteiger partial charge on any atom is 0.416 e. The van der Waals surface area contributed by atoms with Gasteiger partial charge >= 0.3 is 6.18 Å². The van der Waals surface area contributed by atoms with E-state index in [1.807, 2.05) is 6.92 Å². The number of amides is 1. The van der Waals surface area contributed by atoms with Crippen molar-refractivity contribution in [2.75, 3.05) is 5.32 Å². The van der Waals surface area contributed by atoms with Crippen LogP contribution < -0.4 is 5.32 Å². The molecule has 0 aliphatic carbocycles. The molecule has 0 saturated carbocycles. The second-order valence-corrected chi connectivity index (χ2v) is 7.53. The average molecular weight is 443 g/mol. The van der Waals surface area contributed by atoms with Crippen molar-refractivity contribution in [3.8, 4) is 0 Å². The summed E-state index contributed by atoms with van der Waals surface area (Å²) in [6.07, 6.45) is -4.47. The molecule has 0 saturated heterocycles. The lowest BCUT2D eigenvalue weighted by Crippen LogP contribution is -2.12. The molecule has 1 amide bonds. The van der Waals surface area contributed by atoms with Gasteiger partial charge in [0.15, 0.2) is 0 Å². The summed E-state index contributed by atoms with van der Waals surface area (Å²) in [7, 11) is 0. The van der Waals surface area contributed by atoms with E-state index in [0.717, 1.165) is 21.5 Å². The van der Waals surface area contributed by atoms with E-state index in [1.54, 1.807) is 6.07 Å². The van der Waals surface area contributed by atoms with Crippen molar-refractivity contribution in [1.29, 1.82) is 0 Å². The van der Waals surface area contributed by atoms with Gasteiger partial charge in [-0.25, -0.2) is 0 Å². The largest absolute Gasteiger partial charge is 0.416 e. The first-order valence-corrected chi connectivity index (χ1v) is 8.02. The molecule has 1 heterocycles. The van der Waals surface area contributed by atoms with Gasteiger partial charge in [-0.05, 0) is 52.7 Å². The summed E-state index contributed by atoms with van der Waals surface area (Å²) in [5, 5.41) is 2.47. The van der Waals surface area contributed by atoms with Crippen LogP contribution in [0.15, 0.2) is 32.5 Å². The average Bonchev–Trinajstić information content (AvgIpc) is 2.68. The Kier molecular flexibility index (Phi) is 4.79. The summed E-state index contributed by atoms with van der Waals surface area (Å²) >= 11 is 7.54. The first kappa shape index (κ1) is 16.5. The van der Waals surface area contributed by atoms with Crippen molar-refractivity contribution in [3.05, 3.63) is 48.5 Å². The van der Waals surface area contributed by atoms with Gasteiger partial charge in [-0.2, -0.15) is 13.2 Å². The molecule has 0 aliphatic heterocycles. The Labute approximate surface area is 139 Å². The number of thiophene rings is 1. The van der Waals surface area contributed by atoms with E-state index in [1.165, 1.54) is 17.4 Å². The number of halogens is 5. The minimum atomic E-state index is -4.47. The lowest BCUT2D eigenvalue weighted by atomic mass is 10.2. The number of carbonyl (C=O) groups is 1. The highest BCUT2D eigenvalue weighted by atomic mass is 79.9. The van der Waals surface area contributed by atoms with E-state index in [9.17, 15) is 18.0 Å². The van der Waals surface area contributed by atoms with Crippen LogP contribution in [-0.4, -0.2) is 5.91 Å². The van der Waals surface area contributed by atoms with Gasteiger partial charge in [0.1, 0.15) is 0 Å². The molecule has 0 unspecified atom stereocenters. The topological polar surface area (TPSA) is 29.1 Å². The highest BCUT2D eigenvalue weighted by molar-refractivity contribution is 9.11. The lowest BCUT2D eigenvalue weighted by Gasteiger charge is -2.10. The molecule has 0 radical (unpaired) electrons. The smallest absolute Gasteiger partial charge is 0.321 e. The van der Waals surface area contributed by atoms with E-state index >= 15 is 0 Å². The zero-order valence-corrected chi connectivity index (χ0v) is 14.5. The number of nitrogens with one attached hydrogen (secondary N) is 1. The summed E-state index contributed by atoms with van der Waals surface area (Å²) in [6.45, 7) is 1.83. The van der Waals surface area contributed by atoms with Crippen LogP contribution in [0.1, 0.15) is 20.8 Å². The molecule has 2 aromatic rings. The van der Waals surface area contributed by atoms with Gasteiger partial charge in [0, 0.05) is 10.2 Å². The molecule has 8 heteroatoms. The first-order valence-electron chi connectivity index (χ1n) is 5.62. The number of aryl methyl sites for hydroxylation is 1. The molecule has 112 valence electrons. The fraction of sp³-hybridized carbons (Fsp3) is 0.154. The monoisotopic (exact) mass is 441 g/mol. The summed E-state index contributed by atoms with van der Waals surface area (Å²) in [5.41, 5.74) is 0.162. The standard InChI is InChI=1S/C13H8Br2F3NOS/c1-6-2-10(21-11(6)15)12(20)19-9-4-7(13(16,17)18)3-8(14)5-9/h2-5H,1H3,(H,19,20). The Balaban J connectivity index is 2.27. The normalized spacial score (nSPS) is 11.5. The SMILES string of the molecule is Cc1cc(C(=O)Nc2cc(Br)cc(C(F)(F)F)c2)sc1Br. The van der Waals surface area contributed by atoms with E-state index < -0.39 is 17.6 Å². The van der Waals surface area contributed by atoms with Crippen LogP contribution in [0.2, 0.25) is 0 Å². The Bertz CT molecular complexity index is 678. The van der Waals surface area contributed by atoms with Gasteiger partial charge in [0.05, 0.1) is 14.2 Å². The van der Waals surface area contributed by atoms with Crippen LogP contribution in [0.4, 0.5) is 18.9 Å². The van der Waals surface area contributed by atoms with Gasteiger partial charge in [-0.3, -0.25) is 4.79 Å². The molecule has 0 aliphatic rings. The minimum absolute atomic E-state index is 0.0869. The number of anilines is 1. The third-order valence-corrected chi connectivity index (χ3v) is 5.16. The van der Waals surface area contributed by atoms with Gasteiger partial charge in [-0.1, -0.05) is 15.9 Å². The van der Waals surface area contributed by atoms with Crippen molar-refractivity contribution in [3.63, 3.8) is 0 Å². The van der Waals surface area contributed by atoms with E-state index in [2.05, 4.69) is 37.2 Å². The van der Waals surface area contributed by atoms with E-state index in [4.69, 9.17) is 0 Å². The fourth-order valence-electron chi connectivity index (χ4n) is 1.59. The van der Waals surface area contributed by atoms with Crippen LogP contribution in [0, 0.1) is 6.92 Å². The van der Waals surface area contributed by atoms with Crippen LogP contribution >= 0.6 is 43.2 Å². The first-order chi connectivity index (χ1) is 9.66. The van der Waals surface area contributed by atoms with Crippen molar-refractivity contribution in [2.45, 2.75) is 13.1 Å². The third kappa shape index (κ3) is 4.08. The molecule has 0 atom stereocenters. The molecule has 0 fully saturated rings. The fourth-order valence-corrected chi connectivity index (χ4v) is 3.51. The highest BCUT2D eigenvalue weighted by Gasteiger charge is 2.31. The Hall–Kier alpha value is -0.860. The van der Waals surface area contributed by atoms with E-state index in [0.29, 0.717) is 4.88 Å². The number of benzene rings is 1. The minimum Gasteiger partial charge on any atom is -0.321 e. The Morgan fingerprint density at radius 1 is 1.19 bits per heavy atom. The Morgan fingerprint density at radius 3 is 2.38 bits per heavy atom. The molecule has 21 heavy (non-hydrogen) atoms. The highest BCUT2D eigenvalue weighted by Crippen LogP contribution is 2.34. The van der Waals surface area contributed by atoms with Crippen LogP contribution in [0.3, 0.4) is 0 Å². The van der Waals surface area contributed by atoms with Crippen LogP contribution in [-0.2, 0) is 6.18 Å². The molecule has 1 aromatic carbocycles. The molecule has 0 spiro atoms. The molecule has 2 nitrogen and oxygen atoms in total. The van der Waals surface area contributed by atoms with Crippen molar-refractivity contribution >= 4 is 54.8 Å². The van der Waals surface area contributed by atoms with Crippen molar-refractivity contribution in [2.24, 2.45) is 0 Å². The molecule has 2 rings (SSSR count). The van der Waals surface area contributed by atoms with Crippen LogP contribution in [0.25, 0.3) is 0 Å². The molecular weight excluding hydrogens is 435 g/mol. The quantitative estimate of drug-likeness (QED) is 0.620. The number of hydrogen-bond donors (Lipinski definition) is 1. The van der Waals surface area contributed by atoms with Gasteiger partial charge < -0.3 is 5.32 Å². The van der Waals surface area contributed by atoms with Gasteiger partial charge in [0.2, 0.25) is 0 Å². The lowest BCUT2D eigenvalue weighted by molar-refractivity contribution is -0.137. The number of hydrogen-bond acceptors (Lipinski definition) is 2. The number of alkyl halides is 3. The van der Waals surface area contributed by atoms with Gasteiger partial charge in [0.25, 0.3) is 5.91 Å². The zero-order chi connectivity index (χ0) is 15.8. The summed E-state index contributed by atoms with van der Waals surface area (Å²) in [5.74, 6) is -0.444. The summed E-state index contributed by atoms with van der Waals surface area (Å²) in [4.78, 5) is 12.5. The predicted octanol–water partition coefficient (Wildman–Crippen LogP) is 5.85. The predicted molar refractivity (Wildman–Crippen MR) is 83.9 cm³/mol. The van der Waals surface area contributed by atoms with Crippen molar-refractivity contribution in [1.82, 2.24) is 0 Å². The summed E-state index contributed by atoms with van der Waals surface area (Å²) < 4.78 is 39.2. The molecule has 1 aromatic heterocycles. The van der Waals surface area contributed by atoms with Gasteiger partial charge in [-0.15, -0.1) is 11.3 Å². The van der Waals surface area contributed by atoms with Crippen LogP contribution in [0.5, 0.6) is 0 Å². The molecule has 1 N–H and O–H groups in total. The second kappa shape index (κ2) is 6.10. The molecular formula is C13H8Br2F3NOS. The van der Waals surface area contributed by atoms with E-state index in [-0.39, 0.29) is 10.2 Å². The third-order valence-electron chi connectivity index (χ3n) is 2.56. The maximum absolute atomic E-state index is 12.7. The number of rotatable bonds is 2. The second-order valence-electron chi connectivity index (χ2n) is 4.25.